The predicted octanol–water partition coefficient (Wildman–Crippen LogP) is 5.39. The van der Waals surface area contributed by atoms with Crippen molar-refractivity contribution in [2.24, 2.45) is 0 Å². The molecule has 2 heterocycles. The Morgan fingerprint density at radius 3 is 1.97 bits per heavy atom. The number of hydrogen-bond acceptors (Lipinski definition) is 3. The number of rotatable bonds is 3. The van der Waals surface area contributed by atoms with Crippen molar-refractivity contribution in [3.05, 3.63) is 106 Å². The summed E-state index contributed by atoms with van der Waals surface area (Å²) in [5.41, 5.74) is 3.25. The summed E-state index contributed by atoms with van der Waals surface area (Å²) < 4.78 is 0.983. The number of fused-ring (bicyclic) bond motifs is 1. The first-order valence-corrected chi connectivity index (χ1v) is 10.9. The topological polar surface area (TPSA) is 40.6 Å². The van der Waals surface area contributed by atoms with Gasteiger partial charge in [-0.25, -0.2) is 5.01 Å². The Hall–Kier alpha value is -2.76. The van der Waals surface area contributed by atoms with E-state index in [-0.39, 0.29) is 29.8 Å². The number of hydrazine groups is 1. The highest BCUT2D eigenvalue weighted by molar-refractivity contribution is 9.10. The van der Waals surface area contributed by atoms with Gasteiger partial charge in [-0.2, -0.15) is 5.01 Å². The quantitative estimate of drug-likeness (QED) is 0.491. The smallest absolute Gasteiger partial charge is 0.245 e. The summed E-state index contributed by atoms with van der Waals surface area (Å²) in [6.07, 6.45) is 0.618. The average Bonchev–Trinajstić information content (AvgIpc) is 3.12. The maximum absolute atomic E-state index is 13.1. The van der Waals surface area contributed by atoms with Gasteiger partial charge < -0.3 is 0 Å². The standard InChI is InChI=1S/C25H21BrN2O2/c26-20-13-7-12-19(14-20)25-21(17-8-3-1-4-9-17)15-23(29)28-24(30)16-22(27(25)28)18-10-5-2-6-11-18/h1-14,21-22,25H,15-16H2/t21-,22+,25+/m0/s1. The molecule has 2 saturated heterocycles. The number of carbonyl (C=O) groups is 2. The number of imide groups is 1. The Labute approximate surface area is 184 Å². The maximum Gasteiger partial charge on any atom is 0.245 e. The summed E-state index contributed by atoms with van der Waals surface area (Å²) in [6.45, 7) is 0. The molecule has 30 heavy (non-hydrogen) atoms. The minimum atomic E-state index is -0.168. The Balaban J connectivity index is 1.68. The largest absolute Gasteiger partial charge is 0.273 e. The molecular weight excluding hydrogens is 440 g/mol. The lowest BCUT2D eigenvalue weighted by molar-refractivity contribution is -0.170. The van der Waals surface area contributed by atoms with E-state index in [4.69, 9.17) is 0 Å². The van der Waals surface area contributed by atoms with Crippen LogP contribution in [0.5, 0.6) is 0 Å². The van der Waals surface area contributed by atoms with Crippen LogP contribution >= 0.6 is 15.9 Å². The van der Waals surface area contributed by atoms with Gasteiger partial charge in [0.1, 0.15) is 0 Å². The molecule has 0 N–H and O–H groups in total. The van der Waals surface area contributed by atoms with Crippen molar-refractivity contribution in [3.63, 3.8) is 0 Å². The van der Waals surface area contributed by atoms with Crippen LogP contribution < -0.4 is 0 Å². The Bertz CT molecular complexity index is 1090. The van der Waals surface area contributed by atoms with Crippen LogP contribution in [0, 0.1) is 0 Å². The van der Waals surface area contributed by atoms with Gasteiger partial charge in [-0.1, -0.05) is 88.7 Å². The number of hydrogen-bond donors (Lipinski definition) is 0. The minimum absolute atomic E-state index is 0.0404. The van der Waals surface area contributed by atoms with Gasteiger partial charge in [-0.15, -0.1) is 0 Å². The third kappa shape index (κ3) is 3.28. The molecule has 0 bridgehead atoms. The molecule has 2 fully saturated rings. The van der Waals surface area contributed by atoms with Crippen LogP contribution in [0.1, 0.15) is 47.5 Å². The molecule has 2 aliphatic heterocycles. The lowest BCUT2D eigenvalue weighted by Crippen LogP contribution is -2.52. The summed E-state index contributed by atoms with van der Waals surface area (Å²) in [6, 6.07) is 28.1. The van der Waals surface area contributed by atoms with Gasteiger partial charge in [-0.3, -0.25) is 9.59 Å². The van der Waals surface area contributed by atoms with E-state index in [1.165, 1.54) is 5.01 Å². The second-order valence-electron chi connectivity index (χ2n) is 7.83. The van der Waals surface area contributed by atoms with Crippen molar-refractivity contribution >= 4 is 27.7 Å². The van der Waals surface area contributed by atoms with Gasteiger partial charge in [0.2, 0.25) is 11.8 Å². The zero-order chi connectivity index (χ0) is 20.7. The highest BCUT2D eigenvalue weighted by Gasteiger charge is 2.52. The zero-order valence-electron chi connectivity index (χ0n) is 16.3. The van der Waals surface area contributed by atoms with Crippen molar-refractivity contribution < 1.29 is 9.59 Å². The van der Waals surface area contributed by atoms with Crippen LogP contribution in [-0.4, -0.2) is 21.8 Å². The molecule has 0 spiro atoms. The van der Waals surface area contributed by atoms with E-state index in [0.717, 1.165) is 21.2 Å². The SMILES string of the molecule is O=C1C[C@H](c2ccccc2)N2[C@H](c3cccc(Br)c3)[C@H](c3ccccc3)CC(=O)N12. The maximum atomic E-state index is 13.1. The van der Waals surface area contributed by atoms with Crippen molar-refractivity contribution in [2.75, 3.05) is 0 Å². The Morgan fingerprint density at radius 1 is 0.700 bits per heavy atom. The Morgan fingerprint density at radius 2 is 1.30 bits per heavy atom. The van der Waals surface area contributed by atoms with E-state index < -0.39 is 0 Å². The molecule has 0 aromatic heterocycles. The molecule has 3 aromatic carbocycles. The molecule has 3 aromatic rings. The van der Waals surface area contributed by atoms with E-state index in [1.54, 1.807) is 0 Å². The fourth-order valence-corrected chi connectivity index (χ4v) is 5.21. The van der Waals surface area contributed by atoms with Crippen LogP contribution in [0.15, 0.2) is 89.4 Å². The molecule has 0 saturated carbocycles. The van der Waals surface area contributed by atoms with E-state index in [2.05, 4.69) is 40.2 Å². The minimum Gasteiger partial charge on any atom is -0.273 e. The fourth-order valence-electron chi connectivity index (χ4n) is 4.79. The predicted molar refractivity (Wildman–Crippen MR) is 118 cm³/mol. The summed E-state index contributed by atoms with van der Waals surface area (Å²) >= 11 is 3.60. The molecule has 5 heteroatoms. The monoisotopic (exact) mass is 460 g/mol. The molecule has 3 atom stereocenters. The van der Waals surface area contributed by atoms with Gasteiger partial charge in [0, 0.05) is 16.8 Å². The van der Waals surface area contributed by atoms with Gasteiger partial charge in [-0.05, 0) is 28.8 Å². The van der Waals surface area contributed by atoms with Gasteiger partial charge >= 0.3 is 0 Å². The van der Waals surface area contributed by atoms with Crippen molar-refractivity contribution in [3.8, 4) is 0 Å². The van der Waals surface area contributed by atoms with Crippen LogP contribution in [0.4, 0.5) is 0 Å². The van der Waals surface area contributed by atoms with Crippen LogP contribution in [0.2, 0.25) is 0 Å². The molecular formula is C25H21BrN2O2. The van der Waals surface area contributed by atoms with E-state index in [9.17, 15) is 9.59 Å². The Kier molecular flexibility index (Phi) is 5.01. The highest BCUT2D eigenvalue weighted by atomic mass is 79.9. The number of nitrogens with zero attached hydrogens (tertiary/aromatic N) is 2. The van der Waals surface area contributed by atoms with Crippen molar-refractivity contribution in [1.29, 1.82) is 0 Å². The van der Waals surface area contributed by atoms with E-state index >= 15 is 0 Å². The molecule has 2 amide bonds. The second kappa shape index (κ2) is 7.82. The molecule has 4 nitrogen and oxygen atoms in total. The van der Waals surface area contributed by atoms with Crippen LogP contribution in [0.3, 0.4) is 0 Å². The molecule has 0 radical (unpaired) electrons. The molecule has 150 valence electrons. The second-order valence-corrected chi connectivity index (χ2v) is 8.75. The van der Waals surface area contributed by atoms with E-state index in [1.807, 2.05) is 65.7 Å². The summed E-state index contributed by atoms with van der Waals surface area (Å²) in [7, 11) is 0. The first-order chi connectivity index (χ1) is 14.6. The third-order valence-electron chi connectivity index (χ3n) is 6.05. The molecule has 0 unspecified atom stereocenters. The number of amides is 2. The summed E-state index contributed by atoms with van der Waals surface area (Å²) in [5.74, 6) is -0.291. The van der Waals surface area contributed by atoms with Crippen molar-refractivity contribution in [1.82, 2.24) is 10.0 Å². The molecule has 5 rings (SSSR count). The first kappa shape index (κ1) is 19.2. The fraction of sp³-hybridized carbons (Fsp3) is 0.200. The van der Waals surface area contributed by atoms with Gasteiger partial charge in [0.05, 0.1) is 18.5 Å². The average molecular weight is 461 g/mol. The van der Waals surface area contributed by atoms with E-state index in [0.29, 0.717) is 12.8 Å². The highest BCUT2D eigenvalue weighted by Crippen LogP contribution is 2.50. The molecule has 2 aliphatic rings. The number of halogens is 1. The lowest BCUT2D eigenvalue weighted by Gasteiger charge is -2.46. The van der Waals surface area contributed by atoms with Gasteiger partial charge in [0.15, 0.2) is 0 Å². The summed E-state index contributed by atoms with van der Waals surface area (Å²) in [5, 5.41) is 3.44. The summed E-state index contributed by atoms with van der Waals surface area (Å²) in [4.78, 5) is 26.1. The lowest BCUT2D eigenvalue weighted by atomic mass is 9.82. The van der Waals surface area contributed by atoms with Crippen molar-refractivity contribution in [2.45, 2.75) is 30.8 Å². The zero-order valence-corrected chi connectivity index (χ0v) is 17.9. The number of benzene rings is 3. The van der Waals surface area contributed by atoms with Crippen LogP contribution in [-0.2, 0) is 9.59 Å². The molecule has 0 aliphatic carbocycles. The third-order valence-corrected chi connectivity index (χ3v) is 6.55. The van der Waals surface area contributed by atoms with Gasteiger partial charge in [0.25, 0.3) is 0 Å². The van der Waals surface area contributed by atoms with Crippen LogP contribution in [0.25, 0.3) is 0 Å². The normalized spacial score (nSPS) is 24.2. The first-order valence-electron chi connectivity index (χ1n) is 10.1. The number of carbonyl (C=O) groups excluding carboxylic acids is 2.